The monoisotopic (exact) mass is 269 g/mol. The summed E-state index contributed by atoms with van der Waals surface area (Å²) in [6, 6.07) is 1.13. The number of Topliss-reactive ketones (excluding diaryl/α,β-unsaturated/α-hetero) is 1. The maximum atomic E-state index is 12.6. The van der Waals surface area contributed by atoms with Gasteiger partial charge in [-0.05, 0) is 19.1 Å². The quantitative estimate of drug-likeness (QED) is 0.521. The second-order valence-corrected chi connectivity index (χ2v) is 3.33. The largest absolute Gasteiger partial charge is 0.433 e. The number of benzene rings is 1. The summed E-state index contributed by atoms with van der Waals surface area (Å²) in [6.07, 6.45) is -4.81. The van der Waals surface area contributed by atoms with Crippen LogP contribution in [0.5, 0.6) is 5.75 Å². The van der Waals surface area contributed by atoms with Crippen molar-refractivity contribution in [1.29, 1.82) is 0 Å². The number of hydrogen-bond acceptors (Lipinski definition) is 3. The zero-order valence-electron chi connectivity index (χ0n) is 9.02. The second-order valence-electron chi connectivity index (χ2n) is 3.33. The number of nitrogens with two attached hydrogens (primary N) is 1. The van der Waals surface area contributed by atoms with Gasteiger partial charge in [0.25, 0.3) is 0 Å². The minimum Gasteiger partial charge on any atom is -0.433 e. The number of alkyl halides is 5. The number of halogens is 5. The first-order chi connectivity index (χ1) is 8.14. The van der Waals surface area contributed by atoms with Crippen LogP contribution >= 0.6 is 0 Å². The van der Waals surface area contributed by atoms with Crippen molar-refractivity contribution in [1.82, 2.24) is 0 Å². The number of nitrogen functional groups attached to an aromatic ring is 1. The average molecular weight is 269 g/mol. The zero-order valence-corrected chi connectivity index (χ0v) is 9.02. The van der Waals surface area contributed by atoms with E-state index in [1.807, 2.05) is 0 Å². The lowest BCUT2D eigenvalue weighted by Gasteiger charge is -2.16. The summed E-state index contributed by atoms with van der Waals surface area (Å²) in [5.74, 6) is -1.65. The SMILES string of the molecule is CC(=O)c1c(C(F)(F)F)ccc(OC(F)F)c1N. The summed E-state index contributed by atoms with van der Waals surface area (Å²) in [6.45, 7) is -2.39. The molecule has 0 atom stereocenters. The first-order valence-corrected chi connectivity index (χ1v) is 4.60. The van der Waals surface area contributed by atoms with Gasteiger partial charge in [0.15, 0.2) is 5.78 Å². The van der Waals surface area contributed by atoms with Gasteiger partial charge in [0.1, 0.15) is 5.75 Å². The van der Waals surface area contributed by atoms with Gasteiger partial charge in [0.05, 0.1) is 16.8 Å². The molecule has 100 valence electrons. The molecule has 8 heteroatoms. The third-order valence-corrected chi connectivity index (χ3v) is 2.08. The van der Waals surface area contributed by atoms with Gasteiger partial charge in [-0.1, -0.05) is 0 Å². The highest BCUT2D eigenvalue weighted by Gasteiger charge is 2.36. The highest BCUT2D eigenvalue weighted by molar-refractivity contribution is 6.02. The van der Waals surface area contributed by atoms with Crippen LogP contribution < -0.4 is 10.5 Å². The number of ketones is 1. The molecule has 0 unspecified atom stereocenters. The van der Waals surface area contributed by atoms with E-state index in [1.165, 1.54) is 0 Å². The molecule has 1 aromatic carbocycles. The fourth-order valence-corrected chi connectivity index (χ4v) is 1.41. The van der Waals surface area contributed by atoms with E-state index in [4.69, 9.17) is 5.73 Å². The number of carbonyl (C=O) groups excluding carboxylic acids is 1. The Balaban J connectivity index is 3.43. The molecule has 0 aliphatic heterocycles. The molecular formula is C10H8F5NO2. The number of anilines is 1. The molecule has 0 aromatic heterocycles. The molecule has 1 rings (SSSR count). The standard InChI is InChI=1S/C10H8F5NO2/c1-4(17)7-5(10(13,14)15)2-3-6(8(7)16)18-9(11)12/h2-3,9H,16H2,1H3. The smallest absolute Gasteiger partial charge is 0.417 e. The molecule has 0 fully saturated rings. The lowest BCUT2D eigenvalue weighted by atomic mass is 10.0. The van der Waals surface area contributed by atoms with Crippen molar-refractivity contribution < 1.29 is 31.5 Å². The Morgan fingerprint density at radius 2 is 1.89 bits per heavy atom. The zero-order chi connectivity index (χ0) is 14.1. The van der Waals surface area contributed by atoms with E-state index in [0.29, 0.717) is 12.1 Å². The van der Waals surface area contributed by atoms with E-state index < -0.39 is 41.1 Å². The molecule has 18 heavy (non-hydrogen) atoms. The Kier molecular flexibility index (Phi) is 3.78. The van der Waals surface area contributed by atoms with E-state index >= 15 is 0 Å². The fraction of sp³-hybridized carbons (Fsp3) is 0.300. The van der Waals surface area contributed by atoms with Crippen molar-refractivity contribution in [2.24, 2.45) is 0 Å². The van der Waals surface area contributed by atoms with Gasteiger partial charge in [0, 0.05) is 0 Å². The third-order valence-electron chi connectivity index (χ3n) is 2.08. The van der Waals surface area contributed by atoms with Crippen LogP contribution in [0.15, 0.2) is 12.1 Å². The van der Waals surface area contributed by atoms with Crippen LogP contribution in [0.3, 0.4) is 0 Å². The van der Waals surface area contributed by atoms with Crippen LogP contribution in [0.25, 0.3) is 0 Å². The van der Waals surface area contributed by atoms with Gasteiger partial charge < -0.3 is 10.5 Å². The van der Waals surface area contributed by atoms with Crippen molar-refractivity contribution in [2.45, 2.75) is 19.7 Å². The van der Waals surface area contributed by atoms with E-state index in [9.17, 15) is 26.7 Å². The molecule has 0 amide bonds. The lowest BCUT2D eigenvalue weighted by Crippen LogP contribution is -2.15. The minimum absolute atomic E-state index is 0.477. The van der Waals surface area contributed by atoms with Crippen LogP contribution in [0.4, 0.5) is 27.6 Å². The molecule has 0 aliphatic carbocycles. The van der Waals surface area contributed by atoms with E-state index in [1.54, 1.807) is 0 Å². The summed E-state index contributed by atoms with van der Waals surface area (Å²) in [5, 5.41) is 0. The maximum Gasteiger partial charge on any atom is 0.417 e. The Bertz CT molecular complexity index is 470. The van der Waals surface area contributed by atoms with Crippen molar-refractivity contribution >= 4 is 11.5 Å². The topological polar surface area (TPSA) is 52.3 Å². The number of ether oxygens (including phenoxy) is 1. The van der Waals surface area contributed by atoms with Crippen LogP contribution in [0.2, 0.25) is 0 Å². The minimum atomic E-state index is -4.81. The summed E-state index contributed by atoms with van der Waals surface area (Å²) >= 11 is 0. The van der Waals surface area contributed by atoms with Crippen LogP contribution in [-0.2, 0) is 6.18 Å². The summed E-state index contributed by atoms with van der Waals surface area (Å²) in [4.78, 5) is 11.1. The third kappa shape index (κ3) is 2.88. The molecule has 0 radical (unpaired) electrons. The van der Waals surface area contributed by atoms with Crippen LogP contribution in [0.1, 0.15) is 22.8 Å². The lowest BCUT2D eigenvalue weighted by molar-refractivity contribution is -0.137. The van der Waals surface area contributed by atoms with Crippen molar-refractivity contribution in [3.05, 3.63) is 23.3 Å². The molecule has 0 aliphatic rings. The van der Waals surface area contributed by atoms with Gasteiger partial charge in [-0.3, -0.25) is 4.79 Å². The summed E-state index contributed by atoms with van der Waals surface area (Å²) in [5.41, 5.74) is 2.34. The van der Waals surface area contributed by atoms with Crippen molar-refractivity contribution in [3.8, 4) is 5.75 Å². The van der Waals surface area contributed by atoms with Gasteiger partial charge in [0.2, 0.25) is 0 Å². The van der Waals surface area contributed by atoms with Gasteiger partial charge in [-0.15, -0.1) is 0 Å². The fourth-order valence-electron chi connectivity index (χ4n) is 1.41. The molecular weight excluding hydrogens is 261 g/mol. The Hall–Kier alpha value is -1.86. The predicted octanol–water partition coefficient (Wildman–Crippen LogP) is 3.09. The molecule has 0 saturated carbocycles. The first kappa shape index (κ1) is 14.2. The molecule has 0 spiro atoms. The molecule has 2 N–H and O–H groups in total. The van der Waals surface area contributed by atoms with Crippen molar-refractivity contribution in [2.75, 3.05) is 5.73 Å². The van der Waals surface area contributed by atoms with Crippen molar-refractivity contribution in [3.63, 3.8) is 0 Å². The highest BCUT2D eigenvalue weighted by atomic mass is 19.4. The summed E-state index contributed by atoms with van der Waals surface area (Å²) < 4.78 is 65.6. The van der Waals surface area contributed by atoms with Crippen LogP contribution in [-0.4, -0.2) is 12.4 Å². The van der Waals surface area contributed by atoms with Gasteiger partial charge >= 0.3 is 12.8 Å². The number of rotatable bonds is 3. The van der Waals surface area contributed by atoms with E-state index in [-0.39, 0.29) is 0 Å². The molecule has 1 aromatic rings. The molecule has 0 saturated heterocycles. The average Bonchev–Trinajstić information content (AvgIpc) is 2.17. The first-order valence-electron chi connectivity index (χ1n) is 4.60. The normalized spacial score (nSPS) is 11.7. The van der Waals surface area contributed by atoms with Gasteiger partial charge in [-0.25, -0.2) is 0 Å². The number of hydrogen-bond donors (Lipinski definition) is 1. The second kappa shape index (κ2) is 4.79. The Labute approximate surface area is 98.3 Å². The Morgan fingerprint density at radius 1 is 1.33 bits per heavy atom. The maximum absolute atomic E-state index is 12.6. The molecule has 3 nitrogen and oxygen atoms in total. The highest BCUT2D eigenvalue weighted by Crippen LogP contribution is 2.38. The molecule has 0 bridgehead atoms. The van der Waals surface area contributed by atoms with E-state index in [0.717, 1.165) is 6.92 Å². The molecule has 0 heterocycles. The summed E-state index contributed by atoms with van der Waals surface area (Å²) in [7, 11) is 0. The van der Waals surface area contributed by atoms with Crippen LogP contribution in [0, 0.1) is 0 Å². The van der Waals surface area contributed by atoms with Gasteiger partial charge in [-0.2, -0.15) is 22.0 Å². The van der Waals surface area contributed by atoms with E-state index in [2.05, 4.69) is 4.74 Å². The Morgan fingerprint density at radius 3 is 2.28 bits per heavy atom. The predicted molar refractivity (Wildman–Crippen MR) is 52.5 cm³/mol. The number of carbonyl (C=O) groups is 1.